The third kappa shape index (κ3) is 2.54. The van der Waals surface area contributed by atoms with E-state index in [9.17, 15) is 9.90 Å². The second-order valence-electron chi connectivity index (χ2n) is 4.77. The van der Waals surface area contributed by atoms with Crippen molar-refractivity contribution >= 4 is 11.7 Å². The Morgan fingerprint density at radius 1 is 1.31 bits per heavy atom. The third-order valence-electron chi connectivity index (χ3n) is 2.58. The van der Waals surface area contributed by atoms with Crippen LogP contribution in [0.3, 0.4) is 0 Å². The molecule has 0 heterocycles. The summed E-state index contributed by atoms with van der Waals surface area (Å²) in [6.07, 6.45) is 0. The van der Waals surface area contributed by atoms with E-state index in [-0.39, 0.29) is 6.04 Å². The molecule has 0 saturated heterocycles. The molecule has 1 aromatic rings. The summed E-state index contributed by atoms with van der Waals surface area (Å²) in [5.41, 5.74) is 0.833. The Bertz CT molecular complexity index is 383. The number of carboxylic acid groups (broad SMARTS) is 1. The first-order valence-corrected chi connectivity index (χ1v) is 5.45. The van der Waals surface area contributed by atoms with Gasteiger partial charge in [-0.3, -0.25) is 4.79 Å². The zero-order valence-electron chi connectivity index (χ0n) is 10.2. The Balaban J connectivity index is 3.17. The summed E-state index contributed by atoms with van der Waals surface area (Å²) in [7, 11) is 0. The van der Waals surface area contributed by atoms with Crippen LogP contribution in [0.25, 0.3) is 0 Å². The highest BCUT2D eigenvalue weighted by Crippen LogP contribution is 2.30. The molecule has 0 spiro atoms. The molecule has 2 N–H and O–H groups in total. The van der Waals surface area contributed by atoms with Crippen LogP contribution in [-0.2, 0) is 10.2 Å². The van der Waals surface area contributed by atoms with Gasteiger partial charge in [0.25, 0.3) is 0 Å². The molecule has 16 heavy (non-hydrogen) atoms. The molecule has 0 fully saturated rings. The maximum absolute atomic E-state index is 11.2. The quantitative estimate of drug-likeness (QED) is 0.822. The van der Waals surface area contributed by atoms with Crippen molar-refractivity contribution in [2.24, 2.45) is 0 Å². The monoisotopic (exact) mass is 221 g/mol. The lowest BCUT2D eigenvalue weighted by atomic mass is 9.83. The highest BCUT2D eigenvalue weighted by Gasteiger charge is 2.31. The van der Waals surface area contributed by atoms with Crippen molar-refractivity contribution in [2.75, 3.05) is 5.32 Å². The molecule has 1 rings (SSSR count). The predicted octanol–water partition coefficient (Wildman–Crippen LogP) is 2.87. The van der Waals surface area contributed by atoms with Gasteiger partial charge in [-0.2, -0.15) is 0 Å². The van der Waals surface area contributed by atoms with Crippen LogP contribution in [-0.4, -0.2) is 17.1 Å². The van der Waals surface area contributed by atoms with Crippen molar-refractivity contribution in [1.82, 2.24) is 0 Å². The molecule has 0 amide bonds. The van der Waals surface area contributed by atoms with Gasteiger partial charge in [0.05, 0.1) is 5.41 Å². The van der Waals surface area contributed by atoms with Crippen LogP contribution in [0, 0.1) is 0 Å². The second-order valence-corrected chi connectivity index (χ2v) is 4.77. The van der Waals surface area contributed by atoms with Gasteiger partial charge >= 0.3 is 5.97 Å². The number of hydrogen-bond donors (Lipinski definition) is 2. The molecule has 3 nitrogen and oxygen atoms in total. The number of anilines is 1. The van der Waals surface area contributed by atoms with E-state index in [1.165, 1.54) is 0 Å². The van der Waals surface area contributed by atoms with Crippen LogP contribution < -0.4 is 5.32 Å². The lowest BCUT2D eigenvalue weighted by Gasteiger charge is -2.24. The number of carboxylic acids is 1. The smallest absolute Gasteiger partial charge is 0.313 e. The first-order chi connectivity index (χ1) is 7.35. The second kappa shape index (κ2) is 4.56. The SMILES string of the molecule is CC(C)Nc1ccccc1C(C)(C)C(=O)O. The number of aliphatic carboxylic acids is 1. The van der Waals surface area contributed by atoms with Crippen molar-refractivity contribution in [1.29, 1.82) is 0 Å². The molecule has 0 aliphatic rings. The first-order valence-electron chi connectivity index (χ1n) is 5.45. The number of carbonyl (C=O) groups is 1. The number of hydrogen-bond acceptors (Lipinski definition) is 2. The van der Waals surface area contributed by atoms with Gasteiger partial charge in [0.1, 0.15) is 0 Å². The zero-order valence-corrected chi connectivity index (χ0v) is 10.2. The van der Waals surface area contributed by atoms with Crippen molar-refractivity contribution in [3.63, 3.8) is 0 Å². The Morgan fingerprint density at radius 3 is 2.38 bits per heavy atom. The van der Waals surface area contributed by atoms with Crippen LogP contribution in [0.2, 0.25) is 0 Å². The Labute approximate surface area is 96.5 Å². The molecule has 0 aromatic heterocycles. The molecule has 0 aliphatic carbocycles. The van der Waals surface area contributed by atoms with Gasteiger partial charge in [0, 0.05) is 11.7 Å². The van der Waals surface area contributed by atoms with Gasteiger partial charge in [-0.1, -0.05) is 18.2 Å². The summed E-state index contributed by atoms with van der Waals surface area (Å²) in [4.78, 5) is 11.2. The van der Waals surface area contributed by atoms with Crippen molar-refractivity contribution in [3.05, 3.63) is 29.8 Å². The summed E-state index contributed by atoms with van der Waals surface area (Å²) < 4.78 is 0. The predicted molar refractivity (Wildman–Crippen MR) is 65.9 cm³/mol. The third-order valence-corrected chi connectivity index (χ3v) is 2.58. The highest BCUT2D eigenvalue weighted by atomic mass is 16.4. The van der Waals surface area contributed by atoms with E-state index >= 15 is 0 Å². The van der Waals surface area contributed by atoms with Gasteiger partial charge in [-0.15, -0.1) is 0 Å². The van der Waals surface area contributed by atoms with Gasteiger partial charge in [0.2, 0.25) is 0 Å². The molecule has 3 heteroatoms. The van der Waals surface area contributed by atoms with Crippen LogP contribution in [0.15, 0.2) is 24.3 Å². The van der Waals surface area contributed by atoms with Crippen molar-refractivity contribution < 1.29 is 9.90 Å². The molecule has 0 bridgehead atoms. The van der Waals surface area contributed by atoms with Crippen molar-refractivity contribution in [2.45, 2.75) is 39.2 Å². The average molecular weight is 221 g/mol. The van der Waals surface area contributed by atoms with E-state index in [2.05, 4.69) is 5.32 Å². The lowest BCUT2D eigenvalue weighted by molar-refractivity contribution is -0.142. The van der Waals surface area contributed by atoms with Crippen LogP contribution >= 0.6 is 0 Å². The highest BCUT2D eigenvalue weighted by molar-refractivity contribution is 5.83. The van der Waals surface area contributed by atoms with E-state index in [1.54, 1.807) is 13.8 Å². The molecular weight excluding hydrogens is 202 g/mol. The normalized spacial score (nSPS) is 11.6. The topological polar surface area (TPSA) is 49.3 Å². The maximum Gasteiger partial charge on any atom is 0.313 e. The summed E-state index contributed by atoms with van der Waals surface area (Å²) in [5.74, 6) is -0.814. The fourth-order valence-electron chi connectivity index (χ4n) is 1.58. The van der Waals surface area contributed by atoms with E-state index in [1.807, 2.05) is 38.1 Å². The summed E-state index contributed by atoms with van der Waals surface area (Å²) in [6, 6.07) is 7.84. The van der Waals surface area contributed by atoms with Gasteiger partial charge in [-0.25, -0.2) is 0 Å². The molecular formula is C13H19NO2. The van der Waals surface area contributed by atoms with Crippen LogP contribution in [0.1, 0.15) is 33.3 Å². The minimum absolute atomic E-state index is 0.283. The van der Waals surface area contributed by atoms with E-state index < -0.39 is 11.4 Å². The Hall–Kier alpha value is -1.51. The van der Waals surface area contributed by atoms with Gasteiger partial charge in [-0.05, 0) is 39.3 Å². The summed E-state index contributed by atoms with van der Waals surface area (Å²) in [6.45, 7) is 7.50. The number of rotatable bonds is 4. The Morgan fingerprint density at radius 2 is 1.88 bits per heavy atom. The molecule has 0 unspecified atom stereocenters. The largest absolute Gasteiger partial charge is 0.481 e. The fourth-order valence-corrected chi connectivity index (χ4v) is 1.58. The van der Waals surface area contributed by atoms with E-state index in [4.69, 9.17) is 0 Å². The lowest BCUT2D eigenvalue weighted by Crippen LogP contribution is -2.30. The average Bonchev–Trinajstić information content (AvgIpc) is 2.17. The van der Waals surface area contributed by atoms with Crippen LogP contribution in [0.5, 0.6) is 0 Å². The molecule has 0 saturated carbocycles. The summed E-state index contributed by atoms with van der Waals surface area (Å²) >= 11 is 0. The minimum Gasteiger partial charge on any atom is -0.481 e. The maximum atomic E-state index is 11.2. The number of nitrogens with one attached hydrogen (secondary N) is 1. The fraction of sp³-hybridized carbons (Fsp3) is 0.462. The van der Waals surface area contributed by atoms with E-state index in [0.29, 0.717) is 0 Å². The van der Waals surface area contributed by atoms with Crippen LogP contribution in [0.4, 0.5) is 5.69 Å². The molecule has 88 valence electrons. The Kier molecular flexibility index (Phi) is 3.58. The molecule has 1 aromatic carbocycles. The van der Waals surface area contributed by atoms with Crippen molar-refractivity contribution in [3.8, 4) is 0 Å². The number of benzene rings is 1. The van der Waals surface area contributed by atoms with Gasteiger partial charge in [0.15, 0.2) is 0 Å². The molecule has 0 aliphatic heterocycles. The zero-order chi connectivity index (χ0) is 12.3. The minimum atomic E-state index is -0.877. The molecule has 0 atom stereocenters. The van der Waals surface area contributed by atoms with Gasteiger partial charge < -0.3 is 10.4 Å². The number of para-hydroxylation sites is 1. The standard InChI is InChI=1S/C13H19NO2/c1-9(2)14-11-8-6-5-7-10(11)13(3,4)12(15)16/h5-9,14H,1-4H3,(H,15,16). The molecule has 0 radical (unpaired) electrons. The summed E-state index contributed by atoms with van der Waals surface area (Å²) in [5, 5.41) is 12.5. The first kappa shape index (κ1) is 12.6. The van der Waals surface area contributed by atoms with E-state index in [0.717, 1.165) is 11.3 Å².